The summed E-state index contributed by atoms with van der Waals surface area (Å²) in [5, 5.41) is 9.19. The highest BCUT2D eigenvalue weighted by Gasteiger charge is 2.07. The number of hydrogen-bond acceptors (Lipinski definition) is 3. The normalized spacial score (nSPS) is 10.5. The lowest BCUT2D eigenvalue weighted by Gasteiger charge is -2.13. The molecule has 0 radical (unpaired) electrons. The van der Waals surface area contributed by atoms with Crippen LogP contribution in [0.5, 0.6) is 11.5 Å². The molecule has 2 rings (SSSR count). The van der Waals surface area contributed by atoms with Crippen molar-refractivity contribution < 1.29 is 14.6 Å². The van der Waals surface area contributed by atoms with Gasteiger partial charge in [-0.2, -0.15) is 0 Å². The SMILES string of the molecule is CCOc1cc(CO)ccc1OCc1cc(C)cc(C)c1. The van der Waals surface area contributed by atoms with Crippen LogP contribution in [-0.2, 0) is 13.2 Å². The smallest absolute Gasteiger partial charge is 0.161 e. The molecule has 2 aromatic carbocycles. The van der Waals surface area contributed by atoms with Crippen molar-refractivity contribution in [2.24, 2.45) is 0 Å². The summed E-state index contributed by atoms with van der Waals surface area (Å²) in [6, 6.07) is 11.9. The fraction of sp³-hybridized carbons (Fsp3) is 0.333. The van der Waals surface area contributed by atoms with Gasteiger partial charge in [0, 0.05) is 0 Å². The van der Waals surface area contributed by atoms with E-state index in [1.807, 2.05) is 25.1 Å². The van der Waals surface area contributed by atoms with Crippen LogP contribution >= 0.6 is 0 Å². The topological polar surface area (TPSA) is 38.7 Å². The molecule has 3 heteroatoms. The van der Waals surface area contributed by atoms with E-state index in [2.05, 4.69) is 32.0 Å². The zero-order valence-electron chi connectivity index (χ0n) is 12.8. The van der Waals surface area contributed by atoms with Gasteiger partial charge >= 0.3 is 0 Å². The predicted molar refractivity (Wildman–Crippen MR) is 83.8 cm³/mol. The molecule has 0 saturated carbocycles. The van der Waals surface area contributed by atoms with E-state index in [1.165, 1.54) is 11.1 Å². The second kappa shape index (κ2) is 7.14. The van der Waals surface area contributed by atoms with Crippen molar-refractivity contribution in [3.63, 3.8) is 0 Å². The van der Waals surface area contributed by atoms with Crippen molar-refractivity contribution in [1.29, 1.82) is 0 Å². The van der Waals surface area contributed by atoms with Crippen LogP contribution in [0.25, 0.3) is 0 Å². The molecule has 2 aromatic rings. The van der Waals surface area contributed by atoms with Gasteiger partial charge in [0.2, 0.25) is 0 Å². The van der Waals surface area contributed by atoms with Crippen LogP contribution in [0.3, 0.4) is 0 Å². The van der Waals surface area contributed by atoms with Crippen molar-refractivity contribution in [2.75, 3.05) is 6.61 Å². The molecular weight excluding hydrogens is 264 g/mol. The Kier molecular flexibility index (Phi) is 5.23. The quantitative estimate of drug-likeness (QED) is 0.878. The van der Waals surface area contributed by atoms with E-state index in [0.717, 1.165) is 11.1 Å². The minimum atomic E-state index is -0.00255. The molecule has 0 bridgehead atoms. The minimum Gasteiger partial charge on any atom is -0.490 e. The van der Waals surface area contributed by atoms with Gasteiger partial charge in [0.05, 0.1) is 13.2 Å². The second-order valence-electron chi connectivity index (χ2n) is 5.16. The summed E-state index contributed by atoms with van der Waals surface area (Å²) < 4.78 is 11.5. The summed E-state index contributed by atoms with van der Waals surface area (Å²) in [7, 11) is 0. The van der Waals surface area contributed by atoms with Crippen LogP contribution in [0, 0.1) is 13.8 Å². The zero-order valence-corrected chi connectivity index (χ0v) is 12.8. The Morgan fingerprint density at radius 2 is 1.57 bits per heavy atom. The van der Waals surface area contributed by atoms with Gasteiger partial charge in [-0.3, -0.25) is 0 Å². The van der Waals surface area contributed by atoms with Crippen LogP contribution in [0.2, 0.25) is 0 Å². The van der Waals surface area contributed by atoms with Gasteiger partial charge in [-0.25, -0.2) is 0 Å². The Labute approximate surface area is 126 Å². The molecular formula is C18H22O3. The van der Waals surface area contributed by atoms with E-state index in [0.29, 0.717) is 24.7 Å². The third kappa shape index (κ3) is 4.23. The molecule has 3 nitrogen and oxygen atoms in total. The van der Waals surface area contributed by atoms with E-state index in [9.17, 15) is 5.11 Å². The van der Waals surface area contributed by atoms with Gasteiger partial charge in [-0.15, -0.1) is 0 Å². The maximum atomic E-state index is 9.19. The van der Waals surface area contributed by atoms with Crippen molar-refractivity contribution in [3.8, 4) is 11.5 Å². The summed E-state index contributed by atoms with van der Waals surface area (Å²) in [4.78, 5) is 0. The fourth-order valence-electron chi connectivity index (χ4n) is 2.35. The van der Waals surface area contributed by atoms with E-state index in [4.69, 9.17) is 9.47 Å². The molecule has 1 N–H and O–H groups in total. The lowest BCUT2D eigenvalue weighted by atomic mass is 10.1. The third-order valence-electron chi connectivity index (χ3n) is 3.17. The molecule has 0 aliphatic heterocycles. The maximum absolute atomic E-state index is 9.19. The second-order valence-corrected chi connectivity index (χ2v) is 5.16. The van der Waals surface area contributed by atoms with E-state index >= 15 is 0 Å². The van der Waals surface area contributed by atoms with Crippen molar-refractivity contribution in [3.05, 3.63) is 58.7 Å². The molecule has 0 amide bonds. The van der Waals surface area contributed by atoms with Gasteiger partial charge in [-0.05, 0) is 44.0 Å². The summed E-state index contributed by atoms with van der Waals surface area (Å²) in [5.74, 6) is 1.38. The largest absolute Gasteiger partial charge is 0.490 e. The number of rotatable bonds is 6. The first-order valence-electron chi connectivity index (χ1n) is 7.19. The molecule has 0 fully saturated rings. The van der Waals surface area contributed by atoms with Crippen LogP contribution in [-0.4, -0.2) is 11.7 Å². The van der Waals surface area contributed by atoms with Gasteiger partial charge in [-0.1, -0.05) is 35.4 Å². The van der Waals surface area contributed by atoms with Gasteiger partial charge < -0.3 is 14.6 Å². The lowest BCUT2D eigenvalue weighted by molar-refractivity contribution is 0.263. The molecule has 0 spiro atoms. The van der Waals surface area contributed by atoms with E-state index < -0.39 is 0 Å². The first-order chi connectivity index (χ1) is 10.1. The fourth-order valence-corrected chi connectivity index (χ4v) is 2.35. The van der Waals surface area contributed by atoms with E-state index in [1.54, 1.807) is 0 Å². The first kappa shape index (κ1) is 15.4. The molecule has 0 unspecified atom stereocenters. The van der Waals surface area contributed by atoms with Crippen molar-refractivity contribution in [2.45, 2.75) is 34.0 Å². The highest BCUT2D eigenvalue weighted by atomic mass is 16.5. The molecule has 0 aromatic heterocycles. The zero-order chi connectivity index (χ0) is 15.2. The third-order valence-corrected chi connectivity index (χ3v) is 3.17. The number of hydrogen-bond donors (Lipinski definition) is 1. The monoisotopic (exact) mass is 286 g/mol. The minimum absolute atomic E-state index is 0.00255. The van der Waals surface area contributed by atoms with E-state index in [-0.39, 0.29) is 6.61 Å². The predicted octanol–water partition coefficient (Wildman–Crippen LogP) is 3.77. The lowest BCUT2D eigenvalue weighted by Crippen LogP contribution is -2.01. The number of aliphatic hydroxyl groups excluding tert-OH is 1. The summed E-state index contributed by atoms with van der Waals surface area (Å²) >= 11 is 0. The summed E-state index contributed by atoms with van der Waals surface area (Å²) in [6.45, 7) is 7.16. The maximum Gasteiger partial charge on any atom is 0.161 e. The van der Waals surface area contributed by atoms with Gasteiger partial charge in [0.15, 0.2) is 11.5 Å². The molecule has 21 heavy (non-hydrogen) atoms. The van der Waals surface area contributed by atoms with Crippen LogP contribution in [0.4, 0.5) is 0 Å². The Morgan fingerprint density at radius 1 is 0.857 bits per heavy atom. The molecule has 112 valence electrons. The molecule has 0 saturated heterocycles. The molecule has 0 heterocycles. The Bertz CT molecular complexity index is 585. The summed E-state index contributed by atoms with van der Waals surface area (Å²) in [5.41, 5.74) is 4.42. The average molecular weight is 286 g/mol. The Morgan fingerprint density at radius 3 is 2.19 bits per heavy atom. The van der Waals surface area contributed by atoms with Gasteiger partial charge in [0.25, 0.3) is 0 Å². The number of aryl methyl sites for hydroxylation is 2. The highest BCUT2D eigenvalue weighted by molar-refractivity contribution is 5.43. The van der Waals surface area contributed by atoms with Crippen molar-refractivity contribution in [1.82, 2.24) is 0 Å². The highest BCUT2D eigenvalue weighted by Crippen LogP contribution is 2.29. The number of aliphatic hydroxyl groups is 1. The summed E-state index contributed by atoms with van der Waals surface area (Å²) in [6.07, 6.45) is 0. The van der Waals surface area contributed by atoms with Crippen LogP contribution in [0.15, 0.2) is 36.4 Å². The standard InChI is InChI=1S/C18H22O3/c1-4-20-18-10-15(11-19)5-6-17(18)21-12-16-8-13(2)7-14(3)9-16/h5-10,19H,4,11-12H2,1-3H3. The van der Waals surface area contributed by atoms with Gasteiger partial charge in [0.1, 0.15) is 6.61 Å². The molecule has 0 atom stereocenters. The average Bonchev–Trinajstić information content (AvgIpc) is 2.45. The first-order valence-corrected chi connectivity index (χ1v) is 7.19. The Balaban J connectivity index is 2.15. The molecule has 0 aliphatic rings. The Hall–Kier alpha value is -2.00. The number of benzene rings is 2. The molecule has 0 aliphatic carbocycles. The van der Waals surface area contributed by atoms with Crippen molar-refractivity contribution >= 4 is 0 Å². The van der Waals surface area contributed by atoms with Crippen LogP contribution in [0.1, 0.15) is 29.2 Å². The number of ether oxygens (including phenoxy) is 2. The van der Waals surface area contributed by atoms with Crippen LogP contribution < -0.4 is 9.47 Å².